The van der Waals surface area contributed by atoms with Gasteiger partial charge in [-0.15, -0.1) is 6.58 Å². The van der Waals surface area contributed by atoms with Crippen molar-refractivity contribution in [3.8, 4) is 11.5 Å². The fourth-order valence-electron chi connectivity index (χ4n) is 1.92. The predicted molar refractivity (Wildman–Crippen MR) is 61.6 cm³/mol. The van der Waals surface area contributed by atoms with Gasteiger partial charge in [0.05, 0.1) is 5.60 Å². The lowest BCUT2D eigenvalue weighted by molar-refractivity contribution is 0.0575. The first-order chi connectivity index (χ1) is 7.49. The molecule has 0 fully saturated rings. The molecule has 86 valence electrons. The number of ether oxygens (including phenoxy) is 2. The molecule has 1 heterocycles. The molecule has 1 aliphatic rings. The van der Waals surface area contributed by atoms with Crippen molar-refractivity contribution in [2.45, 2.75) is 25.9 Å². The van der Waals surface area contributed by atoms with Crippen LogP contribution in [0.1, 0.15) is 25.8 Å². The summed E-state index contributed by atoms with van der Waals surface area (Å²) in [6.45, 7) is 7.75. The van der Waals surface area contributed by atoms with Gasteiger partial charge in [0.25, 0.3) is 0 Å². The van der Waals surface area contributed by atoms with Crippen LogP contribution in [0.3, 0.4) is 0 Å². The van der Waals surface area contributed by atoms with Crippen LogP contribution in [0.15, 0.2) is 30.4 Å². The van der Waals surface area contributed by atoms with Gasteiger partial charge in [0, 0.05) is 6.42 Å². The van der Waals surface area contributed by atoms with Crippen LogP contribution in [-0.2, 0) is 5.60 Å². The van der Waals surface area contributed by atoms with Crippen molar-refractivity contribution in [1.29, 1.82) is 0 Å². The second-order valence-corrected chi connectivity index (χ2v) is 4.48. The van der Waals surface area contributed by atoms with Gasteiger partial charge in [0.1, 0.15) is 0 Å². The zero-order valence-electron chi connectivity index (χ0n) is 9.62. The first-order valence-electron chi connectivity index (χ1n) is 5.26. The van der Waals surface area contributed by atoms with Gasteiger partial charge in [0.2, 0.25) is 6.79 Å². The van der Waals surface area contributed by atoms with Gasteiger partial charge in [-0.25, -0.2) is 0 Å². The Morgan fingerprint density at radius 2 is 2.12 bits per heavy atom. The zero-order chi connectivity index (χ0) is 11.8. The average molecular weight is 220 g/mol. The number of rotatable bonds is 3. The zero-order valence-corrected chi connectivity index (χ0v) is 9.62. The highest BCUT2D eigenvalue weighted by Gasteiger charge is 2.25. The van der Waals surface area contributed by atoms with Crippen LogP contribution >= 0.6 is 0 Å². The molecule has 0 saturated heterocycles. The summed E-state index contributed by atoms with van der Waals surface area (Å²) >= 11 is 0. The number of aliphatic hydroxyl groups is 1. The first kappa shape index (κ1) is 11.0. The number of fused-ring (bicyclic) bond motifs is 1. The van der Waals surface area contributed by atoms with Crippen LogP contribution in [0, 0.1) is 0 Å². The fraction of sp³-hybridized carbons (Fsp3) is 0.385. The summed E-state index contributed by atoms with van der Waals surface area (Å²) in [7, 11) is 0. The molecule has 16 heavy (non-hydrogen) atoms. The van der Waals surface area contributed by atoms with E-state index in [2.05, 4.69) is 6.58 Å². The van der Waals surface area contributed by atoms with Crippen LogP contribution in [0.25, 0.3) is 0 Å². The molecule has 0 aliphatic carbocycles. The highest BCUT2D eigenvalue weighted by molar-refractivity contribution is 5.46. The Hall–Kier alpha value is -1.48. The van der Waals surface area contributed by atoms with Gasteiger partial charge >= 0.3 is 0 Å². The molecule has 0 saturated carbocycles. The monoisotopic (exact) mass is 220 g/mol. The highest BCUT2D eigenvalue weighted by atomic mass is 16.7. The summed E-state index contributed by atoms with van der Waals surface area (Å²) < 4.78 is 10.5. The third-order valence-electron chi connectivity index (χ3n) is 2.64. The summed E-state index contributed by atoms with van der Waals surface area (Å²) in [6, 6.07) is 5.51. The lowest BCUT2D eigenvalue weighted by atomic mass is 9.89. The van der Waals surface area contributed by atoms with Crippen LogP contribution in [0.5, 0.6) is 11.5 Å². The Balaban J connectivity index is 2.30. The maximum atomic E-state index is 10.3. The lowest BCUT2D eigenvalue weighted by Gasteiger charge is -2.24. The Labute approximate surface area is 95.3 Å². The van der Waals surface area contributed by atoms with Crippen molar-refractivity contribution >= 4 is 0 Å². The molecule has 2 rings (SSSR count). The number of benzene rings is 1. The molecule has 0 radical (unpaired) electrons. The van der Waals surface area contributed by atoms with Crippen LogP contribution in [-0.4, -0.2) is 11.9 Å². The smallest absolute Gasteiger partial charge is 0.231 e. The Morgan fingerprint density at radius 1 is 1.44 bits per heavy atom. The van der Waals surface area contributed by atoms with Crippen LogP contribution < -0.4 is 9.47 Å². The Bertz CT molecular complexity index is 421. The van der Waals surface area contributed by atoms with Gasteiger partial charge < -0.3 is 14.6 Å². The van der Waals surface area contributed by atoms with E-state index in [4.69, 9.17) is 9.47 Å². The molecule has 3 heteroatoms. The van der Waals surface area contributed by atoms with E-state index in [-0.39, 0.29) is 6.79 Å². The average Bonchev–Trinajstić information content (AvgIpc) is 2.61. The van der Waals surface area contributed by atoms with Crippen molar-refractivity contribution in [3.05, 3.63) is 35.9 Å². The number of hydrogen-bond acceptors (Lipinski definition) is 3. The quantitative estimate of drug-likeness (QED) is 0.796. The molecule has 3 nitrogen and oxygen atoms in total. The van der Waals surface area contributed by atoms with E-state index in [9.17, 15) is 5.11 Å². The summed E-state index contributed by atoms with van der Waals surface area (Å²) in [4.78, 5) is 0. The van der Waals surface area contributed by atoms with Crippen LogP contribution in [0.2, 0.25) is 0 Å². The fourth-order valence-corrected chi connectivity index (χ4v) is 1.92. The van der Waals surface area contributed by atoms with Gasteiger partial charge in [-0.2, -0.15) is 0 Å². The standard InChI is InChI=1S/C13H16O3/c1-9(2)7-13(3,14)10-4-5-11-12(6-10)16-8-15-11/h4-6,14H,1,7-8H2,2-3H3. The van der Waals surface area contributed by atoms with Gasteiger partial charge in [-0.1, -0.05) is 11.6 Å². The summed E-state index contributed by atoms with van der Waals surface area (Å²) in [6.07, 6.45) is 0.534. The third kappa shape index (κ3) is 2.04. The largest absolute Gasteiger partial charge is 0.454 e. The molecule has 1 aromatic rings. The van der Waals surface area contributed by atoms with E-state index in [1.807, 2.05) is 25.1 Å². The van der Waals surface area contributed by atoms with Crippen molar-refractivity contribution < 1.29 is 14.6 Å². The normalized spacial score (nSPS) is 16.9. The molecule has 1 aliphatic heterocycles. The molecule has 0 spiro atoms. The van der Waals surface area contributed by atoms with Crippen LogP contribution in [0.4, 0.5) is 0 Å². The van der Waals surface area contributed by atoms with E-state index >= 15 is 0 Å². The third-order valence-corrected chi connectivity index (χ3v) is 2.64. The minimum atomic E-state index is -0.910. The van der Waals surface area contributed by atoms with E-state index in [1.54, 1.807) is 6.92 Å². The molecule has 1 N–H and O–H groups in total. The van der Waals surface area contributed by atoms with Gasteiger partial charge in [-0.3, -0.25) is 0 Å². The molecule has 1 aromatic carbocycles. The molecule has 0 amide bonds. The van der Waals surface area contributed by atoms with Gasteiger partial charge in [-0.05, 0) is 31.5 Å². The van der Waals surface area contributed by atoms with Crippen molar-refractivity contribution in [1.82, 2.24) is 0 Å². The molecular weight excluding hydrogens is 204 g/mol. The van der Waals surface area contributed by atoms with E-state index in [0.717, 1.165) is 16.9 Å². The molecular formula is C13H16O3. The lowest BCUT2D eigenvalue weighted by Crippen LogP contribution is -2.21. The summed E-state index contributed by atoms with van der Waals surface area (Å²) in [5, 5.41) is 10.3. The van der Waals surface area contributed by atoms with Crippen molar-refractivity contribution in [2.24, 2.45) is 0 Å². The maximum absolute atomic E-state index is 10.3. The summed E-state index contributed by atoms with van der Waals surface area (Å²) in [5.74, 6) is 1.43. The minimum absolute atomic E-state index is 0.251. The van der Waals surface area contributed by atoms with E-state index in [1.165, 1.54) is 0 Å². The SMILES string of the molecule is C=C(C)CC(C)(O)c1ccc2c(c1)OCO2. The first-order valence-corrected chi connectivity index (χ1v) is 5.26. The van der Waals surface area contributed by atoms with Gasteiger partial charge in [0.15, 0.2) is 11.5 Å². The number of hydrogen-bond donors (Lipinski definition) is 1. The highest BCUT2D eigenvalue weighted by Crippen LogP contribution is 2.37. The maximum Gasteiger partial charge on any atom is 0.231 e. The topological polar surface area (TPSA) is 38.7 Å². The predicted octanol–water partition coefficient (Wildman–Crippen LogP) is 2.59. The van der Waals surface area contributed by atoms with Crippen molar-refractivity contribution in [3.63, 3.8) is 0 Å². The van der Waals surface area contributed by atoms with E-state index < -0.39 is 5.60 Å². The molecule has 0 aromatic heterocycles. The molecule has 1 atom stereocenters. The van der Waals surface area contributed by atoms with E-state index in [0.29, 0.717) is 12.2 Å². The summed E-state index contributed by atoms with van der Waals surface area (Å²) in [5.41, 5.74) is 0.856. The minimum Gasteiger partial charge on any atom is -0.454 e. The van der Waals surface area contributed by atoms with Crippen molar-refractivity contribution in [2.75, 3.05) is 6.79 Å². The Morgan fingerprint density at radius 3 is 2.81 bits per heavy atom. The molecule has 1 unspecified atom stereocenters. The molecule has 0 bridgehead atoms. The second kappa shape index (κ2) is 3.83. The second-order valence-electron chi connectivity index (χ2n) is 4.48. The Kier molecular flexibility index (Phi) is 2.64.